The van der Waals surface area contributed by atoms with Crippen LogP contribution in [0.2, 0.25) is 0 Å². The van der Waals surface area contributed by atoms with Gasteiger partial charge in [0.2, 0.25) is 5.91 Å². The van der Waals surface area contributed by atoms with Gasteiger partial charge in [0.1, 0.15) is 6.54 Å². The summed E-state index contributed by atoms with van der Waals surface area (Å²) in [7, 11) is -0.866. The van der Waals surface area contributed by atoms with Crippen LogP contribution in [0.5, 0.6) is 0 Å². The number of amides is 1. The molecule has 26 heavy (non-hydrogen) atoms. The molecule has 3 aromatic rings. The highest BCUT2D eigenvalue weighted by Gasteiger charge is 2.35. The van der Waals surface area contributed by atoms with Crippen LogP contribution in [-0.4, -0.2) is 32.5 Å². The summed E-state index contributed by atoms with van der Waals surface area (Å²) < 4.78 is 33.8. The van der Waals surface area contributed by atoms with Crippen LogP contribution in [0, 0.1) is 0 Å². The van der Waals surface area contributed by atoms with E-state index in [0.29, 0.717) is 16.9 Å². The zero-order valence-electron chi connectivity index (χ0n) is 14.0. The maximum atomic E-state index is 13.2. The summed E-state index contributed by atoms with van der Waals surface area (Å²) in [4.78, 5) is 25.3. The van der Waals surface area contributed by atoms with E-state index < -0.39 is 15.8 Å². The highest BCUT2D eigenvalue weighted by Crippen LogP contribution is 2.36. The number of benzene rings is 2. The van der Waals surface area contributed by atoms with Crippen LogP contribution >= 0.6 is 0 Å². The highest BCUT2D eigenvalue weighted by molar-refractivity contribution is 7.93. The third-order valence-corrected chi connectivity index (χ3v) is 6.27. The molecule has 0 bridgehead atoms. The van der Waals surface area contributed by atoms with E-state index in [0.717, 1.165) is 4.31 Å². The Morgan fingerprint density at radius 1 is 1.00 bits per heavy atom. The van der Waals surface area contributed by atoms with Crippen LogP contribution < -0.4 is 15.0 Å². The molecule has 1 amide bonds. The van der Waals surface area contributed by atoms with Crippen LogP contribution in [0.1, 0.15) is 0 Å². The molecule has 0 aliphatic carbocycles. The normalized spacial score (nSPS) is 14.8. The first kappa shape index (κ1) is 16.4. The molecule has 134 valence electrons. The van der Waals surface area contributed by atoms with Gasteiger partial charge in [0.05, 0.1) is 21.8 Å². The largest absolute Gasteiger partial charge is 0.419 e. The van der Waals surface area contributed by atoms with Crippen molar-refractivity contribution in [1.29, 1.82) is 0 Å². The molecule has 1 aliphatic heterocycles. The number of oxazole rings is 1. The fourth-order valence-corrected chi connectivity index (χ4v) is 4.47. The van der Waals surface area contributed by atoms with E-state index in [9.17, 15) is 18.0 Å². The summed E-state index contributed by atoms with van der Waals surface area (Å²) in [5.41, 5.74) is 1.60. The maximum Gasteiger partial charge on any atom is 0.419 e. The molecule has 0 radical (unpaired) electrons. The van der Waals surface area contributed by atoms with Gasteiger partial charge in [0.25, 0.3) is 10.0 Å². The first-order valence-electron chi connectivity index (χ1n) is 7.78. The number of anilines is 2. The van der Waals surface area contributed by atoms with Gasteiger partial charge in [-0.15, -0.1) is 0 Å². The number of aryl methyl sites for hydroxylation is 1. The van der Waals surface area contributed by atoms with Gasteiger partial charge in [-0.3, -0.25) is 13.7 Å². The Kier molecular flexibility index (Phi) is 3.45. The molecule has 0 saturated carbocycles. The molecule has 1 aliphatic rings. The van der Waals surface area contributed by atoms with Gasteiger partial charge in [-0.2, -0.15) is 0 Å². The van der Waals surface area contributed by atoms with Crippen molar-refractivity contribution in [3.63, 3.8) is 0 Å². The molecule has 0 fully saturated rings. The molecule has 9 heteroatoms. The maximum absolute atomic E-state index is 13.2. The van der Waals surface area contributed by atoms with Crippen LogP contribution in [0.3, 0.4) is 0 Å². The van der Waals surface area contributed by atoms with Gasteiger partial charge in [-0.1, -0.05) is 12.1 Å². The van der Waals surface area contributed by atoms with Crippen molar-refractivity contribution in [3.8, 4) is 0 Å². The van der Waals surface area contributed by atoms with Crippen molar-refractivity contribution in [2.24, 2.45) is 7.05 Å². The minimum absolute atomic E-state index is 0.0495. The van der Waals surface area contributed by atoms with Gasteiger partial charge in [-0.05, 0) is 24.3 Å². The summed E-state index contributed by atoms with van der Waals surface area (Å²) in [6.07, 6.45) is 0. The summed E-state index contributed by atoms with van der Waals surface area (Å²) in [6.45, 7) is -0.299. The molecule has 0 unspecified atom stereocenters. The average molecular weight is 373 g/mol. The molecular formula is C17H15N3O5S. The smallest absolute Gasteiger partial charge is 0.408 e. The first-order valence-corrected chi connectivity index (χ1v) is 9.22. The van der Waals surface area contributed by atoms with Crippen LogP contribution in [-0.2, 0) is 21.9 Å². The zero-order chi connectivity index (χ0) is 18.6. The standard InChI is InChI=1S/C17H15N3O5S/c1-18-12-5-3-4-6-13(12)20(10-16(18)21)26(23,24)11-7-8-14-15(9-11)25-17(22)19(14)2/h3-9H,10H2,1-2H3. The minimum atomic E-state index is -4.01. The van der Waals surface area contributed by atoms with Crippen molar-refractivity contribution in [1.82, 2.24) is 4.57 Å². The number of carbonyl (C=O) groups is 1. The van der Waals surface area contributed by atoms with E-state index in [2.05, 4.69) is 0 Å². The van der Waals surface area contributed by atoms with Gasteiger partial charge < -0.3 is 9.32 Å². The van der Waals surface area contributed by atoms with Crippen molar-refractivity contribution < 1.29 is 17.6 Å². The number of likely N-dealkylation sites (N-methyl/N-ethyl adjacent to an activating group) is 1. The number of sulfonamides is 1. The first-order chi connectivity index (χ1) is 12.3. The van der Waals surface area contributed by atoms with Gasteiger partial charge >= 0.3 is 5.76 Å². The number of para-hydroxylation sites is 2. The van der Waals surface area contributed by atoms with E-state index in [1.165, 1.54) is 34.7 Å². The Labute approximate surface area is 148 Å². The van der Waals surface area contributed by atoms with Crippen LogP contribution in [0.25, 0.3) is 11.1 Å². The Hall–Kier alpha value is -3.07. The molecule has 2 heterocycles. The van der Waals surface area contributed by atoms with Gasteiger partial charge in [-0.25, -0.2) is 13.2 Å². The molecule has 1 aromatic heterocycles. The second-order valence-electron chi connectivity index (χ2n) is 6.01. The molecule has 4 rings (SSSR count). The van der Waals surface area contributed by atoms with Crippen LogP contribution in [0.4, 0.5) is 11.4 Å². The quantitative estimate of drug-likeness (QED) is 0.675. The van der Waals surface area contributed by atoms with E-state index in [4.69, 9.17) is 4.42 Å². The average Bonchev–Trinajstić information content (AvgIpc) is 2.91. The number of fused-ring (bicyclic) bond motifs is 2. The second-order valence-corrected chi connectivity index (χ2v) is 7.87. The van der Waals surface area contributed by atoms with Gasteiger partial charge in [0, 0.05) is 20.2 Å². The zero-order valence-corrected chi connectivity index (χ0v) is 14.9. The molecule has 0 saturated heterocycles. The highest BCUT2D eigenvalue weighted by atomic mass is 32.2. The lowest BCUT2D eigenvalue weighted by atomic mass is 10.2. The summed E-state index contributed by atoms with van der Waals surface area (Å²) >= 11 is 0. The Balaban J connectivity index is 1.88. The summed E-state index contributed by atoms with van der Waals surface area (Å²) in [5, 5.41) is 0. The number of aromatic nitrogens is 1. The molecule has 0 N–H and O–H groups in total. The van der Waals surface area contributed by atoms with Crippen molar-refractivity contribution in [3.05, 3.63) is 53.0 Å². The third-order valence-electron chi connectivity index (χ3n) is 4.52. The molecular weight excluding hydrogens is 358 g/mol. The Morgan fingerprint density at radius 3 is 2.42 bits per heavy atom. The minimum Gasteiger partial charge on any atom is -0.408 e. The lowest BCUT2D eigenvalue weighted by molar-refractivity contribution is -0.117. The van der Waals surface area contributed by atoms with Crippen LogP contribution in [0.15, 0.2) is 56.6 Å². The van der Waals surface area contributed by atoms with E-state index >= 15 is 0 Å². The lowest BCUT2D eigenvalue weighted by Gasteiger charge is -2.34. The fourth-order valence-electron chi connectivity index (χ4n) is 3.02. The number of carbonyl (C=O) groups excluding carboxylic acids is 1. The molecule has 2 aromatic carbocycles. The third kappa shape index (κ3) is 2.24. The monoisotopic (exact) mass is 373 g/mol. The molecule has 0 spiro atoms. The SMILES string of the molecule is CN1C(=O)CN(S(=O)(=O)c2ccc3c(c2)oc(=O)n3C)c2ccccc21. The number of hydrogen-bond donors (Lipinski definition) is 0. The number of rotatable bonds is 2. The van der Waals surface area contributed by atoms with E-state index in [1.807, 2.05) is 0 Å². The Bertz CT molecular complexity index is 1210. The fraction of sp³-hybridized carbons (Fsp3) is 0.176. The van der Waals surface area contributed by atoms with Crippen molar-refractivity contribution >= 4 is 38.4 Å². The number of nitrogens with zero attached hydrogens (tertiary/aromatic N) is 3. The predicted octanol–water partition coefficient (Wildman–Crippen LogP) is 1.30. The van der Waals surface area contributed by atoms with Crippen molar-refractivity contribution in [2.75, 3.05) is 22.8 Å². The molecule has 0 atom stereocenters. The van der Waals surface area contributed by atoms with Crippen molar-refractivity contribution in [2.45, 2.75) is 4.90 Å². The van der Waals surface area contributed by atoms with E-state index in [1.54, 1.807) is 31.3 Å². The predicted molar refractivity (Wildman–Crippen MR) is 95.8 cm³/mol. The molecule has 8 nitrogen and oxygen atoms in total. The lowest BCUT2D eigenvalue weighted by Crippen LogP contribution is -2.46. The Morgan fingerprint density at radius 2 is 1.69 bits per heavy atom. The van der Waals surface area contributed by atoms with Gasteiger partial charge in [0.15, 0.2) is 5.58 Å². The summed E-state index contributed by atoms with van der Waals surface area (Å²) in [6, 6.07) is 11.0. The topological polar surface area (TPSA) is 92.8 Å². The van der Waals surface area contributed by atoms with E-state index in [-0.39, 0.29) is 22.9 Å². The summed E-state index contributed by atoms with van der Waals surface area (Å²) in [5.74, 6) is -0.908. The second kappa shape index (κ2) is 5.46. The number of hydrogen-bond acceptors (Lipinski definition) is 5.